The van der Waals surface area contributed by atoms with Gasteiger partial charge in [-0.05, 0) is 30.9 Å². The van der Waals surface area contributed by atoms with E-state index in [2.05, 4.69) is 0 Å². The molecule has 1 amide bonds. The minimum Gasteiger partial charge on any atom is -0.399 e. The number of carbonyl (C=O) groups excluding carboxylic acids is 1. The molecule has 2 N–H and O–H groups in total. The number of nitro groups is 1. The molecule has 0 saturated heterocycles. The molecule has 0 atom stereocenters. The summed E-state index contributed by atoms with van der Waals surface area (Å²) in [6.45, 7) is 0.644. The standard InChI is InChI=1S/C12H15N3O3/c1-14(7-8-2-3-8)12(16)10-6-9(13)4-5-11(10)15(17)18/h4-6,8H,2-3,7,13H2,1H3. The third-order valence-electron chi connectivity index (χ3n) is 3.02. The van der Waals surface area contributed by atoms with E-state index in [4.69, 9.17) is 5.73 Å². The summed E-state index contributed by atoms with van der Waals surface area (Å²) in [5.74, 6) is 0.194. The highest BCUT2D eigenvalue weighted by Crippen LogP contribution is 2.30. The van der Waals surface area contributed by atoms with Crippen LogP contribution in [0.25, 0.3) is 0 Å². The molecule has 0 radical (unpaired) electrons. The third kappa shape index (κ3) is 2.58. The Hall–Kier alpha value is -2.11. The first-order chi connectivity index (χ1) is 8.49. The summed E-state index contributed by atoms with van der Waals surface area (Å²) in [7, 11) is 1.66. The number of hydrogen-bond donors (Lipinski definition) is 1. The zero-order chi connectivity index (χ0) is 13.3. The highest BCUT2D eigenvalue weighted by atomic mass is 16.6. The molecule has 6 heteroatoms. The average molecular weight is 249 g/mol. The van der Waals surface area contributed by atoms with Crippen molar-refractivity contribution in [1.82, 2.24) is 4.90 Å². The normalized spacial score (nSPS) is 14.3. The number of carbonyl (C=O) groups is 1. The lowest BCUT2D eigenvalue weighted by Gasteiger charge is -2.16. The number of nitrogens with two attached hydrogens (primary N) is 1. The average Bonchev–Trinajstić information content (AvgIpc) is 3.11. The van der Waals surface area contributed by atoms with Crippen molar-refractivity contribution in [3.8, 4) is 0 Å². The van der Waals surface area contributed by atoms with E-state index >= 15 is 0 Å². The Labute approximate surface area is 105 Å². The Balaban J connectivity index is 2.26. The van der Waals surface area contributed by atoms with Gasteiger partial charge in [0.15, 0.2) is 0 Å². The van der Waals surface area contributed by atoms with E-state index < -0.39 is 4.92 Å². The molecule has 1 aliphatic carbocycles. The number of amides is 1. The van der Waals surface area contributed by atoms with Crippen molar-refractivity contribution in [3.05, 3.63) is 33.9 Å². The van der Waals surface area contributed by atoms with Gasteiger partial charge in [-0.3, -0.25) is 14.9 Å². The lowest BCUT2D eigenvalue weighted by Crippen LogP contribution is -2.29. The smallest absolute Gasteiger partial charge is 0.282 e. The van der Waals surface area contributed by atoms with Crippen molar-refractivity contribution < 1.29 is 9.72 Å². The van der Waals surface area contributed by atoms with Gasteiger partial charge in [0.1, 0.15) is 5.56 Å². The van der Waals surface area contributed by atoms with Crippen LogP contribution in [0.2, 0.25) is 0 Å². The van der Waals surface area contributed by atoms with Crippen molar-refractivity contribution in [2.24, 2.45) is 5.92 Å². The van der Waals surface area contributed by atoms with Gasteiger partial charge in [-0.15, -0.1) is 0 Å². The van der Waals surface area contributed by atoms with Crippen LogP contribution in [0, 0.1) is 16.0 Å². The van der Waals surface area contributed by atoms with Crippen molar-refractivity contribution in [2.45, 2.75) is 12.8 Å². The largest absolute Gasteiger partial charge is 0.399 e. The lowest BCUT2D eigenvalue weighted by atomic mass is 10.1. The number of nitrogens with zero attached hydrogens (tertiary/aromatic N) is 2. The molecule has 1 saturated carbocycles. The third-order valence-corrected chi connectivity index (χ3v) is 3.02. The molecule has 1 aliphatic rings. The number of anilines is 1. The molecule has 0 aromatic heterocycles. The van der Waals surface area contributed by atoms with Gasteiger partial charge in [0.2, 0.25) is 0 Å². The van der Waals surface area contributed by atoms with Crippen LogP contribution in [0.1, 0.15) is 23.2 Å². The van der Waals surface area contributed by atoms with E-state index in [1.807, 2.05) is 0 Å². The highest BCUT2D eigenvalue weighted by Gasteiger charge is 2.28. The number of rotatable bonds is 4. The molecule has 0 spiro atoms. The predicted octanol–water partition coefficient (Wildman–Crippen LogP) is 1.66. The Morgan fingerprint density at radius 1 is 1.56 bits per heavy atom. The molecule has 96 valence electrons. The minimum absolute atomic E-state index is 0.0585. The quantitative estimate of drug-likeness (QED) is 0.499. The Bertz CT molecular complexity index is 497. The fraction of sp³-hybridized carbons (Fsp3) is 0.417. The highest BCUT2D eigenvalue weighted by molar-refractivity contribution is 5.98. The summed E-state index contributed by atoms with van der Waals surface area (Å²) in [6, 6.07) is 4.06. The number of nitrogen functional groups attached to an aromatic ring is 1. The first-order valence-corrected chi connectivity index (χ1v) is 5.78. The minimum atomic E-state index is -0.558. The van der Waals surface area contributed by atoms with Crippen LogP contribution < -0.4 is 5.73 Å². The van der Waals surface area contributed by atoms with Crippen LogP contribution in [0.4, 0.5) is 11.4 Å². The first-order valence-electron chi connectivity index (χ1n) is 5.78. The monoisotopic (exact) mass is 249 g/mol. The maximum absolute atomic E-state index is 12.2. The molecule has 0 unspecified atom stereocenters. The van der Waals surface area contributed by atoms with Crippen molar-refractivity contribution in [1.29, 1.82) is 0 Å². The Morgan fingerprint density at radius 2 is 2.22 bits per heavy atom. The SMILES string of the molecule is CN(CC1CC1)C(=O)c1cc(N)ccc1[N+](=O)[O-]. The molecule has 1 aromatic carbocycles. The number of benzene rings is 1. The lowest BCUT2D eigenvalue weighted by molar-refractivity contribution is -0.385. The van der Waals surface area contributed by atoms with E-state index in [0.717, 1.165) is 12.8 Å². The Morgan fingerprint density at radius 3 is 2.78 bits per heavy atom. The molecular formula is C12H15N3O3. The van der Waals surface area contributed by atoms with Crippen molar-refractivity contribution in [2.75, 3.05) is 19.3 Å². The molecule has 18 heavy (non-hydrogen) atoms. The summed E-state index contributed by atoms with van der Waals surface area (Å²) in [4.78, 5) is 24.0. The van der Waals surface area contributed by atoms with Crippen molar-refractivity contribution >= 4 is 17.3 Å². The van der Waals surface area contributed by atoms with E-state index in [0.29, 0.717) is 18.2 Å². The van der Waals surface area contributed by atoms with Gasteiger partial charge in [-0.25, -0.2) is 0 Å². The fourth-order valence-corrected chi connectivity index (χ4v) is 1.86. The first kappa shape index (κ1) is 12.3. The van der Waals surface area contributed by atoms with E-state index in [1.54, 1.807) is 7.05 Å². The van der Waals surface area contributed by atoms with E-state index in [1.165, 1.54) is 23.1 Å². The van der Waals surface area contributed by atoms with Gasteiger partial charge in [-0.2, -0.15) is 0 Å². The van der Waals surface area contributed by atoms with Crippen LogP contribution in [-0.4, -0.2) is 29.3 Å². The summed E-state index contributed by atoms with van der Waals surface area (Å²) in [6.07, 6.45) is 2.24. The maximum Gasteiger partial charge on any atom is 0.282 e. The summed E-state index contributed by atoms with van der Waals surface area (Å²) in [5, 5.41) is 10.9. The van der Waals surface area contributed by atoms with Gasteiger partial charge in [0.05, 0.1) is 4.92 Å². The van der Waals surface area contributed by atoms with Crippen LogP contribution >= 0.6 is 0 Å². The van der Waals surface area contributed by atoms with Crippen LogP contribution in [0.15, 0.2) is 18.2 Å². The molecule has 0 heterocycles. The Kier molecular flexibility index (Phi) is 3.18. The van der Waals surface area contributed by atoms with Gasteiger partial charge in [0, 0.05) is 25.3 Å². The topological polar surface area (TPSA) is 89.5 Å². The van der Waals surface area contributed by atoms with Gasteiger partial charge in [0.25, 0.3) is 11.6 Å². The van der Waals surface area contributed by atoms with Crippen LogP contribution in [-0.2, 0) is 0 Å². The number of nitro benzene ring substituents is 1. The van der Waals surface area contributed by atoms with Crippen LogP contribution in [0.5, 0.6) is 0 Å². The molecule has 2 rings (SSSR count). The summed E-state index contributed by atoms with van der Waals surface area (Å²) in [5.41, 5.74) is 5.80. The maximum atomic E-state index is 12.2. The van der Waals surface area contributed by atoms with E-state index in [9.17, 15) is 14.9 Å². The number of hydrogen-bond acceptors (Lipinski definition) is 4. The fourth-order valence-electron chi connectivity index (χ4n) is 1.86. The van der Waals surface area contributed by atoms with Crippen LogP contribution in [0.3, 0.4) is 0 Å². The van der Waals surface area contributed by atoms with Gasteiger partial charge in [-0.1, -0.05) is 0 Å². The molecule has 1 fully saturated rings. The van der Waals surface area contributed by atoms with E-state index in [-0.39, 0.29) is 17.2 Å². The van der Waals surface area contributed by atoms with Crippen molar-refractivity contribution in [3.63, 3.8) is 0 Å². The zero-order valence-electron chi connectivity index (χ0n) is 10.1. The predicted molar refractivity (Wildman–Crippen MR) is 67.2 cm³/mol. The van der Waals surface area contributed by atoms with Gasteiger partial charge >= 0.3 is 0 Å². The second-order valence-corrected chi connectivity index (χ2v) is 4.66. The molecule has 6 nitrogen and oxygen atoms in total. The second kappa shape index (κ2) is 4.64. The molecular weight excluding hydrogens is 234 g/mol. The summed E-state index contributed by atoms with van der Waals surface area (Å²) >= 11 is 0. The second-order valence-electron chi connectivity index (χ2n) is 4.66. The van der Waals surface area contributed by atoms with Gasteiger partial charge < -0.3 is 10.6 Å². The summed E-state index contributed by atoms with van der Waals surface area (Å²) < 4.78 is 0. The molecule has 1 aromatic rings. The molecule has 0 aliphatic heterocycles. The molecule has 0 bridgehead atoms. The zero-order valence-corrected chi connectivity index (χ0v) is 10.1.